The van der Waals surface area contributed by atoms with E-state index in [0.717, 1.165) is 22.7 Å². The van der Waals surface area contributed by atoms with Crippen LogP contribution in [-0.2, 0) is 6.42 Å². The molecule has 0 spiro atoms. The van der Waals surface area contributed by atoms with Gasteiger partial charge >= 0.3 is 0 Å². The summed E-state index contributed by atoms with van der Waals surface area (Å²) in [6.07, 6.45) is 0.706. The fourth-order valence-electron chi connectivity index (χ4n) is 2.40. The van der Waals surface area contributed by atoms with Crippen LogP contribution in [-0.4, -0.2) is 19.1 Å². The molecule has 0 saturated heterocycles. The SMILES string of the molecule is CNC(Cc1nc2ccccc2o1)c1ccc(OC)cc1. The Hall–Kier alpha value is -2.33. The Bertz CT molecular complexity index is 686. The highest BCUT2D eigenvalue weighted by Crippen LogP contribution is 2.23. The second-order valence-electron chi connectivity index (χ2n) is 4.89. The summed E-state index contributed by atoms with van der Waals surface area (Å²) < 4.78 is 11.0. The van der Waals surface area contributed by atoms with Gasteiger partial charge < -0.3 is 14.5 Å². The van der Waals surface area contributed by atoms with Gasteiger partial charge in [0.15, 0.2) is 11.5 Å². The lowest BCUT2D eigenvalue weighted by molar-refractivity contribution is 0.414. The van der Waals surface area contributed by atoms with Gasteiger partial charge in [0.25, 0.3) is 0 Å². The molecule has 21 heavy (non-hydrogen) atoms. The molecule has 3 aromatic rings. The van der Waals surface area contributed by atoms with Crippen LogP contribution < -0.4 is 10.1 Å². The van der Waals surface area contributed by atoms with Crippen molar-refractivity contribution in [3.8, 4) is 5.75 Å². The fraction of sp³-hybridized carbons (Fsp3) is 0.235. The molecule has 4 heteroatoms. The minimum atomic E-state index is 0.156. The molecule has 0 saturated carbocycles. The molecule has 0 radical (unpaired) electrons. The Morgan fingerprint density at radius 1 is 1.14 bits per heavy atom. The number of aromatic nitrogens is 1. The van der Waals surface area contributed by atoms with Crippen LogP contribution in [0.2, 0.25) is 0 Å². The van der Waals surface area contributed by atoms with Crippen molar-refractivity contribution >= 4 is 11.1 Å². The summed E-state index contributed by atoms with van der Waals surface area (Å²) in [6, 6.07) is 16.0. The summed E-state index contributed by atoms with van der Waals surface area (Å²) in [5.74, 6) is 1.60. The van der Waals surface area contributed by atoms with Crippen LogP contribution in [0, 0.1) is 0 Å². The van der Waals surface area contributed by atoms with Crippen LogP contribution in [0.25, 0.3) is 11.1 Å². The Balaban J connectivity index is 1.82. The number of hydrogen-bond acceptors (Lipinski definition) is 4. The van der Waals surface area contributed by atoms with Gasteiger partial charge in [0.05, 0.1) is 7.11 Å². The first kappa shape index (κ1) is 13.6. The Morgan fingerprint density at radius 3 is 2.57 bits per heavy atom. The summed E-state index contributed by atoms with van der Waals surface area (Å²) in [7, 11) is 3.61. The van der Waals surface area contributed by atoms with E-state index in [4.69, 9.17) is 9.15 Å². The molecule has 1 N–H and O–H groups in total. The zero-order valence-electron chi connectivity index (χ0n) is 12.2. The second-order valence-corrected chi connectivity index (χ2v) is 4.89. The van der Waals surface area contributed by atoms with Crippen molar-refractivity contribution < 1.29 is 9.15 Å². The monoisotopic (exact) mass is 282 g/mol. The number of likely N-dealkylation sites (N-methyl/N-ethyl adjacent to an activating group) is 1. The van der Waals surface area contributed by atoms with Gasteiger partial charge in [-0.1, -0.05) is 24.3 Å². The van der Waals surface area contributed by atoms with E-state index in [0.29, 0.717) is 6.42 Å². The van der Waals surface area contributed by atoms with E-state index in [9.17, 15) is 0 Å². The largest absolute Gasteiger partial charge is 0.497 e. The van der Waals surface area contributed by atoms with Gasteiger partial charge in [0.2, 0.25) is 0 Å². The number of nitrogens with zero attached hydrogens (tertiary/aromatic N) is 1. The van der Waals surface area contributed by atoms with Crippen molar-refractivity contribution in [2.75, 3.05) is 14.2 Å². The van der Waals surface area contributed by atoms with Crippen LogP contribution in [0.4, 0.5) is 0 Å². The highest BCUT2D eigenvalue weighted by Gasteiger charge is 2.14. The van der Waals surface area contributed by atoms with Crippen LogP contribution in [0.1, 0.15) is 17.5 Å². The van der Waals surface area contributed by atoms with Crippen LogP contribution in [0.5, 0.6) is 5.75 Å². The van der Waals surface area contributed by atoms with E-state index in [2.05, 4.69) is 22.4 Å². The summed E-state index contributed by atoms with van der Waals surface area (Å²) in [6.45, 7) is 0. The Labute approximate surface area is 123 Å². The minimum Gasteiger partial charge on any atom is -0.497 e. The molecule has 0 aliphatic carbocycles. The number of fused-ring (bicyclic) bond motifs is 1. The van der Waals surface area contributed by atoms with Gasteiger partial charge in [-0.2, -0.15) is 0 Å². The Kier molecular flexibility index (Phi) is 3.88. The number of oxazole rings is 1. The molecular formula is C17H18N2O2. The lowest BCUT2D eigenvalue weighted by Crippen LogP contribution is -2.18. The molecule has 0 amide bonds. The third-order valence-electron chi connectivity index (χ3n) is 3.58. The first-order valence-electron chi connectivity index (χ1n) is 6.96. The maximum Gasteiger partial charge on any atom is 0.197 e. The smallest absolute Gasteiger partial charge is 0.197 e. The predicted octanol–water partition coefficient (Wildman–Crippen LogP) is 3.34. The zero-order valence-corrected chi connectivity index (χ0v) is 12.2. The highest BCUT2D eigenvalue weighted by molar-refractivity contribution is 5.72. The number of methoxy groups -OCH3 is 1. The lowest BCUT2D eigenvalue weighted by atomic mass is 10.0. The van der Waals surface area contributed by atoms with Crippen molar-refractivity contribution in [3.63, 3.8) is 0 Å². The number of nitrogens with one attached hydrogen (secondary N) is 1. The molecule has 4 nitrogen and oxygen atoms in total. The first-order valence-corrected chi connectivity index (χ1v) is 6.96. The molecule has 0 fully saturated rings. The molecule has 0 aliphatic rings. The molecular weight excluding hydrogens is 264 g/mol. The summed E-state index contributed by atoms with van der Waals surface area (Å²) in [5, 5.41) is 3.31. The molecule has 3 rings (SSSR count). The van der Waals surface area contributed by atoms with Crippen LogP contribution >= 0.6 is 0 Å². The fourth-order valence-corrected chi connectivity index (χ4v) is 2.40. The number of ether oxygens (including phenoxy) is 1. The quantitative estimate of drug-likeness (QED) is 0.779. The topological polar surface area (TPSA) is 47.3 Å². The average molecular weight is 282 g/mol. The Morgan fingerprint density at radius 2 is 1.90 bits per heavy atom. The standard InChI is InChI=1S/C17H18N2O2/c1-18-15(12-7-9-13(20-2)10-8-12)11-17-19-14-5-3-4-6-16(14)21-17/h3-10,15,18H,11H2,1-2H3. The second kappa shape index (κ2) is 5.97. The first-order chi connectivity index (χ1) is 10.3. The zero-order chi connectivity index (χ0) is 14.7. The van der Waals surface area contributed by atoms with E-state index >= 15 is 0 Å². The van der Waals surface area contributed by atoms with E-state index in [1.54, 1.807) is 7.11 Å². The number of rotatable bonds is 5. The predicted molar refractivity (Wildman–Crippen MR) is 82.5 cm³/mol. The van der Waals surface area contributed by atoms with E-state index in [1.807, 2.05) is 43.4 Å². The molecule has 1 aromatic heterocycles. The van der Waals surface area contributed by atoms with Gasteiger partial charge in [0, 0.05) is 12.5 Å². The molecule has 1 unspecified atom stereocenters. The van der Waals surface area contributed by atoms with Crippen molar-refractivity contribution in [2.45, 2.75) is 12.5 Å². The van der Waals surface area contributed by atoms with Crippen LogP contribution in [0.3, 0.4) is 0 Å². The maximum absolute atomic E-state index is 5.79. The van der Waals surface area contributed by atoms with Gasteiger partial charge in [-0.05, 0) is 36.9 Å². The van der Waals surface area contributed by atoms with Crippen LogP contribution in [0.15, 0.2) is 52.9 Å². The van der Waals surface area contributed by atoms with Gasteiger partial charge in [-0.15, -0.1) is 0 Å². The number of hydrogen-bond donors (Lipinski definition) is 1. The molecule has 1 atom stereocenters. The minimum absolute atomic E-state index is 0.156. The number of para-hydroxylation sites is 2. The van der Waals surface area contributed by atoms with E-state index in [-0.39, 0.29) is 6.04 Å². The summed E-state index contributed by atoms with van der Waals surface area (Å²) in [5.41, 5.74) is 2.91. The summed E-state index contributed by atoms with van der Waals surface area (Å²) in [4.78, 5) is 4.53. The maximum atomic E-state index is 5.79. The van der Waals surface area contributed by atoms with Crippen molar-refractivity contribution in [3.05, 3.63) is 60.0 Å². The number of benzene rings is 2. The molecule has 2 aromatic carbocycles. The van der Waals surface area contributed by atoms with E-state index in [1.165, 1.54) is 5.56 Å². The van der Waals surface area contributed by atoms with Gasteiger partial charge in [0.1, 0.15) is 11.3 Å². The van der Waals surface area contributed by atoms with Crippen molar-refractivity contribution in [1.29, 1.82) is 0 Å². The molecule has 108 valence electrons. The lowest BCUT2D eigenvalue weighted by Gasteiger charge is -2.15. The molecule has 1 heterocycles. The average Bonchev–Trinajstić information content (AvgIpc) is 2.95. The highest BCUT2D eigenvalue weighted by atomic mass is 16.5. The van der Waals surface area contributed by atoms with Gasteiger partial charge in [-0.3, -0.25) is 0 Å². The van der Waals surface area contributed by atoms with Crippen molar-refractivity contribution in [2.24, 2.45) is 0 Å². The summed E-state index contributed by atoms with van der Waals surface area (Å²) >= 11 is 0. The molecule has 0 aliphatic heterocycles. The van der Waals surface area contributed by atoms with Gasteiger partial charge in [-0.25, -0.2) is 4.98 Å². The van der Waals surface area contributed by atoms with E-state index < -0.39 is 0 Å². The normalized spacial score (nSPS) is 12.5. The molecule has 0 bridgehead atoms. The third kappa shape index (κ3) is 2.90. The van der Waals surface area contributed by atoms with Crippen molar-refractivity contribution in [1.82, 2.24) is 10.3 Å². The third-order valence-corrected chi connectivity index (χ3v) is 3.58.